The standard InChI is InChI=1S/C14H22N2O4S.C2HF3O2/c1-3-21(17,18)16-9-13-14(10-16)19-7-6-15(13)8-12-5-4-11(2)20-12;3-2(4,5)1(6)7/h4-5,13-14H,3,6-10H2,1-2H3;(H,6,7)/t13-,14+;/m1./s1. The highest BCUT2D eigenvalue weighted by Crippen LogP contribution is 2.26. The molecule has 8 nitrogen and oxygen atoms in total. The van der Waals surface area contributed by atoms with Gasteiger partial charge in [-0.05, 0) is 26.0 Å². The van der Waals surface area contributed by atoms with Crippen molar-refractivity contribution in [3.8, 4) is 0 Å². The van der Waals surface area contributed by atoms with Gasteiger partial charge in [0.25, 0.3) is 0 Å². The molecule has 0 bridgehead atoms. The van der Waals surface area contributed by atoms with E-state index >= 15 is 0 Å². The highest BCUT2D eigenvalue weighted by Gasteiger charge is 2.43. The fourth-order valence-electron chi connectivity index (χ4n) is 3.10. The van der Waals surface area contributed by atoms with Gasteiger partial charge in [-0.3, -0.25) is 4.90 Å². The maximum Gasteiger partial charge on any atom is 0.490 e. The first-order chi connectivity index (χ1) is 12.9. The van der Waals surface area contributed by atoms with Crippen molar-refractivity contribution in [1.82, 2.24) is 9.21 Å². The third kappa shape index (κ3) is 5.69. The van der Waals surface area contributed by atoms with Crippen molar-refractivity contribution in [3.05, 3.63) is 23.7 Å². The van der Waals surface area contributed by atoms with Gasteiger partial charge >= 0.3 is 12.1 Å². The third-order valence-corrected chi connectivity index (χ3v) is 6.35. The van der Waals surface area contributed by atoms with Gasteiger partial charge in [0.05, 0.1) is 31.1 Å². The van der Waals surface area contributed by atoms with Crippen LogP contribution >= 0.6 is 0 Å². The van der Waals surface area contributed by atoms with Crippen LogP contribution in [0.5, 0.6) is 0 Å². The van der Waals surface area contributed by atoms with E-state index < -0.39 is 22.2 Å². The van der Waals surface area contributed by atoms with Crippen LogP contribution in [0.1, 0.15) is 18.4 Å². The minimum atomic E-state index is -5.08. The molecule has 1 N–H and O–H groups in total. The molecule has 0 saturated carbocycles. The summed E-state index contributed by atoms with van der Waals surface area (Å²) in [6.45, 7) is 6.74. The van der Waals surface area contributed by atoms with Gasteiger partial charge < -0.3 is 14.3 Å². The van der Waals surface area contributed by atoms with Gasteiger partial charge in [-0.25, -0.2) is 13.2 Å². The Labute approximate surface area is 160 Å². The number of halogens is 3. The van der Waals surface area contributed by atoms with E-state index in [0.29, 0.717) is 26.2 Å². The summed E-state index contributed by atoms with van der Waals surface area (Å²) in [6.07, 6.45) is -5.11. The van der Waals surface area contributed by atoms with Crippen LogP contribution in [0.25, 0.3) is 0 Å². The Kier molecular flexibility index (Phi) is 7.12. The average Bonchev–Trinajstić information content (AvgIpc) is 3.22. The van der Waals surface area contributed by atoms with Crippen molar-refractivity contribution in [2.75, 3.05) is 32.0 Å². The highest BCUT2D eigenvalue weighted by molar-refractivity contribution is 7.89. The predicted molar refractivity (Wildman–Crippen MR) is 92.1 cm³/mol. The maximum absolute atomic E-state index is 12.0. The lowest BCUT2D eigenvalue weighted by atomic mass is 10.1. The fourth-order valence-corrected chi connectivity index (χ4v) is 4.22. The van der Waals surface area contributed by atoms with Crippen LogP contribution in [0.4, 0.5) is 13.2 Å². The first-order valence-electron chi connectivity index (χ1n) is 8.63. The topological polar surface area (TPSA) is 100 Å². The number of morpholine rings is 1. The van der Waals surface area contributed by atoms with E-state index in [9.17, 15) is 21.6 Å². The lowest BCUT2D eigenvalue weighted by Crippen LogP contribution is -2.50. The summed E-state index contributed by atoms with van der Waals surface area (Å²) in [5.41, 5.74) is 0. The lowest BCUT2D eigenvalue weighted by Gasteiger charge is -2.36. The Balaban J connectivity index is 0.000000345. The molecule has 0 amide bonds. The summed E-state index contributed by atoms with van der Waals surface area (Å²) in [4.78, 5) is 11.2. The first kappa shape index (κ1) is 22.7. The van der Waals surface area contributed by atoms with Gasteiger partial charge in [0.15, 0.2) is 0 Å². The molecule has 3 heterocycles. The quantitative estimate of drug-likeness (QED) is 0.775. The second kappa shape index (κ2) is 8.80. The second-order valence-electron chi connectivity index (χ2n) is 6.48. The van der Waals surface area contributed by atoms with Crippen LogP contribution in [-0.4, -0.2) is 79.0 Å². The van der Waals surface area contributed by atoms with Gasteiger partial charge in [0, 0.05) is 19.6 Å². The van der Waals surface area contributed by atoms with Crippen molar-refractivity contribution in [3.63, 3.8) is 0 Å². The SMILES string of the molecule is CCS(=O)(=O)N1C[C@@H]2OCCN(Cc3ccc(C)o3)[C@@H]2C1.O=C(O)C(F)(F)F. The smallest absolute Gasteiger partial charge is 0.475 e. The number of carboxylic acids is 1. The van der Waals surface area contributed by atoms with Crippen LogP contribution in [0, 0.1) is 6.92 Å². The number of furan rings is 1. The van der Waals surface area contributed by atoms with Gasteiger partial charge in [-0.1, -0.05) is 0 Å². The molecule has 0 spiro atoms. The minimum Gasteiger partial charge on any atom is -0.475 e. The first-order valence-corrected chi connectivity index (χ1v) is 10.2. The maximum atomic E-state index is 12.0. The molecule has 2 aliphatic heterocycles. The summed E-state index contributed by atoms with van der Waals surface area (Å²) in [5, 5.41) is 7.12. The molecule has 2 fully saturated rings. The van der Waals surface area contributed by atoms with Gasteiger partial charge in [0.2, 0.25) is 10.0 Å². The Morgan fingerprint density at radius 2 is 1.96 bits per heavy atom. The number of rotatable bonds is 4. The molecule has 0 aliphatic carbocycles. The van der Waals surface area contributed by atoms with Crippen LogP contribution in [0.2, 0.25) is 0 Å². The van der Waals surface area contributed by atoms with E-state index in [2.05, 4.69) is 4.90 Å². The van der Waals surface area contributed by atoms with E-state index in [1.54, 1.807) is 11.2 Å². The van der Waals surface area contributed by atoms with E-state index in [1.807, 2.05) is 19.1 Å². The number of carboxylic acid groups (broad SMARTS) is 1. The molecule has 1 aromatic rings. The third-order valence-electron chi connectivity index (χ3n) is 4.54. The van der Waals surface area contributed by atoms with Crippen molar-refractivity contribution < 1.29 is 40.6 Å². The molecule has 2 aliphatic rings. The molecule has 12 heteroatoms. The number of ether oxygens (including phenoxy) is 1. The molecule has 160 valence electrons. The van der Waals surface area contributed by atoms with Crippen LogP contribution in [-0.2, 0) is 26.1 Å². The van der Waals surface area contributed by atoms with E-state index in [0.717, 1.165) is 18.1 Å². The second-order valence-corrected chi connectivity index (χ2v) is 8.74. The summed E-state index contributed by atoms with van der Waals surface area (Å²) in [5.74, 6) is -0.794. The number of nitrogens with zero attached hydrogens (tertiary/aromatic N) is 2. The number of aliphatic carboxylic acids is 1. The molecular weight excluding hydrogens is 405 g/mol. The van der Waals surface area contributed by atoms with E-state index in [-0.39, 0.29) is 17.9 Å². The minimum absolute atomic E-state index is 0.0314. The molecule has 1 aromatic heterocycles. The summed E-state index contributed by atoms with van der Waals surface area (Å²) in [6, 6.07) is 4.05. The molecule has 2 atom stereocenters. The number of sulfonamides is 1. The molecule has 0 radical (unpaired) electrons. The lowest BCUT2D eigenvalue weighted by molar-refractivity contribution is -0.192. The predicted octanol–water partition coefficient (Wildman–Crippen LogP) is 1.46. The monoisotopic (exact) mass is 428 g/mol. The van der Waals surface area contributed by atoms with Crippen molar-refractivity contribution >= 4 is 16.0 Å². The average molecular weight is 428 g/mol. The van der Waals surface area contributed by atoms with E-state index in [4.69, 9.17) is 19.1 Å². The van der Waals surface area contributed by atoms with Crippen LogP contribution in [0.3, 0.4) is 0 Å². The van der Waals surface area contributed by atoms with Crippen LogP contribution in [0.15, 0.2) is 16.5 Å². The number of hydrogen-bond donors (Lipinski definition) is 1. The molecule has 3 rings (SSSR count). The molecule has 0 aromatic carbocycles. The summed E-state index contributed by atoms with van der Waals surface area (Å²) >= 11 is 0. The number of hydrogen-bond acceptors (Lipinski definition) is 6. The number of carbonyl (C=O) groups is 1. The van der Waals surface area contributed by atoms with Crippen LogP contribution < -0.4 is 0 Å². The zero-order valence-electron chi connectivity index (χ0n) is 15.5. The van der Waals surface area contributed by atoms with E-state index in [1.165, 1.54) is 0 Å². The summed E-state index contributed by atoms with van der Waals surface area (Å²) < 4.78 is 68.8. The Morgan fingerprint density at radius 3 is 2.46 bits per heavy atom. The van der Waals surface area contributed by atoms with Gasteiger partial charge in [-0.2, -0.15) is 17.5 Å². The van der Waals surface area contributed by atoms with Gasteiger partial charge in [-0.15, -0.1) is 0 Å². The Hall–Kier alpha value is -1.63. The van der Waals surface area contributed by atoms with Crippen molar-refractivity contribution in [2.45, 2.75) is 38.7 Å². The normalized spacial score (nSPS) is 23.8. The largest absolute Gasteiger partial charge is 0.490 e. The zero-order valence-corrected chi connectivity index (χ0v) is 16.3. The summed E-state index contributed by atoms with van der Waals surface area (Å²) in [7, 11) is -3.15. The molecular formula is C16H23F3N2O6S. The fraction of sp³-hybridized carbons (Fsp3) is 0.688. The number of alkyl halides is 3. The van der Waals surface area contributed by atoms with Crippen molar-refractivity contribution in [1.29, 1.82) is 0 Å². The van der Waals surface area contributed by atoms with Crippen molar-refractivity contribution in [2.24, 2.45) is 0 Å². The number of aryl methyl sites for hydroxylation is 1. The Bertz CT molecular complexity index is 780. The zero-order chi connectivity index (χ0) is 21.1. The molecule has 0 unspecified atom stereocenters. The Morgan fingerprint density at radius 1 is 1.32 bits per heavy atom. The van der Waals surface area contributed by atoms with Gasteiger partial charge in [0.1, 0.15) is 11.5 Å². The molecule has 28 heavy (non-hydrogen) atoms. The highest BCUT2D eigenvalue weighted by atomic mass is 32.2. The number of fused-ring (bicyclic) bond motifs is 1. The molecule has 2 saturated heterocycles.